The average molecular weight is 352 g/mol. The summed E-state index contributed by atoms with van der Waals surface area (Å²) in [6, 6.07) is 13.6. The first-order chi connectivity index (χ1) is 12.6. The van der Waals surface area contributed by atoms with Gasteiger partial charge in [-0.3, -0.25) is 15.0 Å². The van der Waals surface area contributed by atoms with Crippen LogP contribution in [-0.2, 0) is 11.2 Å². The summed E-state index contributed by atoms with van der Waals surface area (Å²) < 4.78 is 5.08. The number of amides is 2. The summed E-state index contributed by atoms with van der Waals surface area (Å²) in [6.07, 6.45) is 2.15. The molecule has 1 atom stereocenters. The van der Waals surface area contributed by atoms with Gasteiger partial charge in [0.15, 0.2) is 0 Å². The lowest BCUT2D eigenvalue weighted by Crippen LogP contribution is -2.50. The minimum atomic E-state index is -0.797. The van der Waals surface area contributed by atoms with Crippen molar-refractivity contribution in [1.82, 2.24) is 15.7 Å². The van der Waals surface area contributed by atoms with E-state index in [1.54, 1.807) is 31.4 Å². The number of hydrazine groups is 1. The quantitative estimate of drug-likeness (QED) is 0.306. The number of H-pyrrole nitrogens is 1. The summed E-state index contributed by atoms with van der Waals surface area (Å²) in [5.41, 5.74) is 4.44. The minimum Gasteiger partial charge on any atom is -0.497 e. The van der Waals surface area contributed by atoms with Crippen LogP contribution in [0.3, 0.4) is 0 Å². The average Bonchev–Trinajstić information content (AvgIpc) is 3.09. The molecular weight excluding hydrogens is 332 g/mol. The smallest absolute Gasteiger partial charge is 0.256 e. The van der Waals surface area contributed by atoms with Crippen molar-refractivity contribution in [2.75, 3.05) is 7.11 Å². The van der Waals surface area contributed by atoms with Crippen LogP contribution in [0.15, 0.2) is 54.7 Å². The van der Waals surface area contributed by atoms with Crippen molar-refractivity contribution in [1.29, 1.82) is 0 Å². The third-order valence-corrected chi connectivity index (χ3v) is 4.22. The molecule has 2 amide bonds. The summed E-state index contributed by atoms with van der Waals surface area (Å²) in [5.74, 6) is 5.12. The van der Waals surface area contributed by atoms with Gasteiger partial charge in [0.1, 0.15) is 11.8 Å². The van der Waals surface area contributed by atoms with Gasteiger partial charge in [-0.15, -0.1) is 0 Å². The van der Waals surface area contributed by atoms with E-state index in [0.717, 1.165) is 16.5 Å². The summed E-state index contributed by atoms with van der Waals surface area (Å²) >= 11 is 0. The number of ether oxygens (including phenoxy) is 1. The van der Waals surface area contributed by atoms with Crippen molar-refractivity contribution in [2.45, 2.75) is 12.5 Å². The van der Waals surface area contributed by atoms with E-state index >= 15 is 0 Å². The number of carbonyl (C=O) groups is 2. The first kappa shape index (κ1) is 17.5. The van der Waals surface area contributed by atoms with E-state index in [0.29, 0.717) is 17.7 Å². The number of hydrogen-bond acceptors (Lipinski definition) is 4. The number of methoxy groups -OCH3 is 1. The maximum atomic E-state index is 12.5. The fourth-order valence-corrected chi connectivity index (χ4v) is 2.81. The number of hydrogen-bond donors (Lipinski definition) is 4. The monoisotopic (exact) mass is 352 g/mol. The lowest BCUT2D eigenvalue weighted by Gasteiger charge is -2.17. The van der Waals surface area contributed by atoms with Gasteiger partial charge in [-0.2, -0.15) is 0 Å². The van der Waals surface area contributed by atoms with E-state index in [-0.39, 0.29) is 5.91 Å². The van der Waals surface area contributed by atoms with Crippen LogP contribution >= 0.6 is 0 Å². The van der Waals surface area contributed by atoms with Crippen molar-refractivity contribution in [3.63, 3.8) is 0 Å². The molecule has 0 aliphatic carbocycles. The van der Waals surface area contributed by atoms with E-state index in [1.165, 1.54) is 0 Å². The molecule has 0 fully saturated rings. The predicted molar refractivity (Wildman–Crippen MR) is 98.6 cm³/mol. The Morgan fingerprint density at radius 2 is 1.88 bits per heavy atom. The molecule has 3 aromatic rings. The van der Waals surface area contributed by atoms with E-state index in [4.69, 9.17) is 10.6 Å². The van der Waals surface area contributed by atoms with Crippen LogP contribution in [0.2, 0.25) is 0 Å². The Balaban J connectivity index is 1.79. The van der Waals surface area contributed by atoms with Crippen LogP contribution in [0.4, 0.5) is 0 Å². The first-order valence-electron chi connectivity index (χ1n) is 8.12. The molecule has 1 aromatic heterocycles. The molecule has 5 N–H and O–H groups in total. The van der Waals surface area contributed by atoms with Gasteiger partial charge >= 0.3 is 0 Å². The van der Waals surface area contributed by atoms with Crippen LogP contribution in [0.25, 0.3) is 10.9 Å². The molecule has 0 aliphatic heterocycles. The van der Waals surface area contributed by atoms with Gasteiger partial charge in [0.05, 0.1) is 7.11 Å². The lowest BCUT2D eigenvalue weighted by atomic mass is 10.0. The molecular formula is C19H20N4O3. The van der Waals surface area contributed by atoms with Gasteiger partial charge in [0.2, 0.25) is 0 Å². The van der Waals surface area contributed by atoms with Crippen molar-refractivity contribution < 1.29 is 14.3 Å². The van der Waals surface area contributed by atoms with Crippen molar-refractivity contribution in [3.8, 4) is 5.75 Å². The molecule has 0 spiro atoms. The highest BCUT2D eigenvalue weighted by Gasteiger charge is 2.22. The summed E-state index contributed by atoms with van der Waals surface area (Å²) in [4.78, 5) is 27.8. The predicted octanol–water partition coefficient (Wildman–Crippen LogP) is 1.51. The third kappa shape index (κ3) is 3.68. The number of para-hydroxylation sites is 1. The van der Waals surface area contributed by atoms with E-state index in [9.17, 15) is 9.59 Å². The van der Waals surface area contributed by atoms with Gasteiger partial charge in [0.25, 0.3) is 11.8 Å². The summed E-state index contributed by atoms with van der Waals surface area (Å²) in [6.45, 7) is 0. The van der Waals surface area contributed by atoms with Crippen LogP contribution in [0.5, 0.6) is 5.75 Å². The van der Waals surface area contributed by atoms with Gasteiger partial charge in [-0.1, -0.05) is 18.2 Å². The highest BCUT2D eigenvalue weighted by Crippen LogP contribution is 2.19. The molecule has 3 rings (SSSR count). The second-order valence-electron chi connectivity index (χ2n) is 5.83. The molecule has 1 unspecified atom stereocenters. The molecule has 0 aliphatic rings. The number of aromatic nitrogens is 1. The maximum absolute atomic E-state index is 12.5. The first-order valence-corrected chi connectivity index (χ1v) is 8.12. The number of rotatable bonds is 6. The minimum absolute atomic E-state index is 0.314. The standard InChI is InChI=1S/C19H20N4O3/c1-26-14-8-6-12(7-9-14)18(24)22-17(19(25)23-20)10-13-11-21-16-5-3-2-4-15(13)16/h2-9,11,17,21H,10,20H2,1H3,(H,22,24)(H,23,25). The Labute approximate surface area is 150 Å². The van der Waals surface area contributed by atoms with Crippen molar-refractivity contribution in [3.05, 3.63) is 65.9 Å². The molecule has 7 heteroatoms. The summed E-state index contributed by atoms with van der Waals surface area (Å²) in [5, 5.41) is 3.74. The molecule has 0 bridgehead atoms. The van der Waals surface area contributed by atoms with Crippen LogP contribution in [0.1, 0.15) is 15.9 Å². The highest BCUT2D eigenvalue weighted by atomic mass is 16.5. The molecule has 7 nitrogen and oxygen atoms in total. The number of benzene rings is 2. The van der Waals surface area contributed by atoms with E-state index in [2.05, 4.69) is 15.7 Å². The SMILES string of the molecule is COc1ccc(C(=O)NC(Cc2c[nH]c3ccccc23)C(=O)NN)cc1. The van der Waals surface area contributed by atoms with Gasteiger partial charge in [-0.25, -0.2) is 5.84 Å². The Kier molecular flexibility index (Phi) is 5.19. The second kappa shape index (κ2) is 7.71. The van der Waals surface area contributed by atoms with E-state index < -0.39 is 11.9 Å². The highest BCUT2D eigenvalue weighted by molar-refractivity contribution is 5.98. The second-order valence-corrected chi connectivity index (χ2v) is 5.83. The number of carbonyl (C=O) groups excluding carboxylic acids is 2. The number of nitrogens with two attached hydrogens (primary N) is 1. The molecule has 26 heavy (non-hydrogen) atoms. The Morgan fingerprint density at radius 3 is 2.58 bits per heavy atom. The lowest BCUT2D eigenvalue weighted by molar-refractivity contribution is -0.123. The third-order valence-electron chi connectivity index (χ3n) is 4.22. The van der Waals surface area contributed by atoms with E-state index in [1.807, 2.05) is 30.5 Å². The number of nitrogens with one attached hydrogen (secondary N) is 3. The zero-order chi connectivity index (χ0) is 18.5. The van der Waals surface area contributed by atoms with Crippen LogP contribution in [-0.4, -0.2) is 29.9 Å². The van der Waals surface area contributed by atoms with Crippen LogP contribution in [0, 0.1) is 0 Å². The number of aromatic amines is 1. The largest absolute Gasteiger partial charge is 0.497 e. The summed E-state index contributed by atoms with van der Waals surface area (Å²) in [7, 11) is 1.55. The van der Waals surface area contributed by atoms with Crippen molar-refractivity contribution >= 4 is 22.7 Å². The molecule has 0 radical (unpaired) electrons. The molecule has 0 saturated heterocycles. The fourth-order valence-electron chi connectivity index (χ4n) is 2.81. The van der Waals surface area contributed by atoms with Crippen LogP contribution < -0.4 is 21.3 Å². The Bertz CT molecular complexity index is 918. The van der Waals surface area contributed by atoms with Gasteiger partial charge in [-0.05, 0) is 35.9 Å². The van der Waals surface area contributed by atoms with Crippen molar-refractivity contribution in [2.24, 2.45) is 5.84 Å². The molecule has 2 aromatic carbocycles. The zero-order valence-corrected chi connectivity index (χ0v) is 14.3. The number of fused-ring (bicyclic) bond motifs is 1. The Morgan fingerprint density at radius 1 is 1.15 bits per heavy atom. The normalized spacial score (nSPS) is 11.8. The van der Waals surface area contributed by atoms with Gasteiger partial charge in [0, 0.05) is 29.1 Å². The Hall–Kier alpha value is -3.32. The zero-order valence-electron chi connectivity index (χ0n) is 14.3. The maximum Gasteiger partial charge on any atom is 0.256 e. The molecule has 0 saturated carbocycles. The molecule has 134 valence electrons. The molecule has 1 heterocycles. The van der Waals surface area contributed by atoms with Gasteiger partial charge < -0.3 is 15.0 Å². The topological polar surface area (TPSA) is 109 Å². The fraction of sp³-hybridized carbons (Fsp3) is 0.158.